The van der Waals surface area contributed by atoms with Crippen LogP contribution in [-0.2, 0) is 13.1 Å². The lowest BCUT2D eigenvalue weighted by molar-refractivity contribution is 0.443. The highest BCUT2D eigenvalue weighted by molar-refractivity contribution is 5.69. The van der Waals surface area contributed by atoms with E-state index in [0.717, 1.165) is 13.1 Å². The number of hydrogen-bond acceptors (Lipinski definition) is 2. The number of fused-ring (bicyclic) bond motifs is 1. The molecule has 3 heteroatoms. The van der Waals surface area contributed by atoms with Gasteiger partial charge < -0.3 is 9.47 Å². The Bertz CT molecular complexity index is 540. The zero-order valence-electron chi connectivity index (χ0n) is 9.87. The number of imidazole rings is 1. The average Bonchev–Trinajstić information content (AvgIpc) is 2.81. The summed E-state index contributed by atoms with van der Waals surface area (Å²) in [4.78, 5) is 6.32. The minimum atomic E-state index is 0.876. The molecule has 0 unspecified atom stereocenters. The Kier molecular flexibility index (Phi) is 2.44. The molecular weight excluding hydrogens is 210 g/mol. The molecule has 3 nitrogen and oxygen atoms in total. The van der Waals surface area contributed by atoms with E-state index in [4.69, 9.17) is 0 Å². The molecular formula is C14H15N3. The summed E-state index contributed by atoms with van der Waals surface area (Å²) < 4.78 is 2.10. The Morgan fingerprint density at radius 3 is 3.00 bits per heavy atom. The van der Waals surface area contributed by atoms with Crippen LogP contribution in [0.4, 0.5) is 0 Å². The van der Waals surface area contributed by atoms with Gasteiger partial charge in [-0.2, -0.15) is 0 Å². The quantitative estimate of drug-likeness (QED) is 0.782. The summed E-state index contributed by atoms with van der Waals surface area (Å²) in [5.74, 6) is 0. The van der Waals surface area contributed by atoms with Crippen molar-refractivity contribution in [2.24, 2.45) is 0 Å². The minimum absolute atomic E-state index is 0.876. The zero-order chi connectivity index (χ0) is 11.7. The van der Waals surface area contributed by atoms with Gasteiger partial charge in [0, 0.05) is 32.2 Å². The van der Waals surface area contributed by atoms with Crippen LogP contribution in [0, 0.1) is 0 Å². The maximum absolute atomic E-state index is 4.08. The van der Waals surface area contributed by atoms with Gasteiger partial charge in [-0.3, -0.25) is 0 Å². The van der Waals surface area contributed by atoms with Crippen LogP contribution in [0.3, 0.4) is 0 Å². The Hall–Kier alpha value is -2.03. The van der Waals surface area contributed by atoms with E-state index in [1.54, 1.807) is 0 Å². The van der Waals surface area contributed by atoms with E-state index in [2.05, 4.69) is 52.0 Å². The van der Waals surface area contributed by atoms with Gasteiger partial charge in [-0.1, -0.05) is 24.3 Å². The van der Waals surface area contributed by atoms with Crippen LogP contribution >= 0.6 is 0 Å². The fourth-order valence-electron chi connectivity index (χ4n) is 2.32. The second-order valence-electron chi connectivity index (χ2n) is 4.46. The fraction of sp³-hybridized carbons (Fsp3) is 0.214. The van der Waals surface area contributed by atoms with E-state index in [1.807, 2.05) is 18.7 Å². The van der Waals surface area contributed by atoms with Crippen molar-refractivity contribution < 1.29 is 0 Å². The maximum Gasteiger partial charge on any atom is 0.0949 e. The van der Waals surface area contributed by atoms with E-state index in [-0.39, 0.29) is 0 Å². The maximum atomic E-state index is 4.08. The SMILES string of the molecule is CN1C=C(Cn2ccnc2)c2ccccc2C1. The summed E-state index contributed by atoms with van der Waals surface area (Å²) >= 11 is 0. The van der Waals surface area contributed by atoms with Crippen LogP contribution in [0.25, 0.3) is 5.57 Å². The van der Waals surface area contributed by atoms with Crippen molar-refractivity contribution in [3.8, 4) is 0 Å². The van der Waals surface area contributed by atoms with Crippen molar-refractivity contribution in [1.29, 1.82) is 0 Å². The predicted molar refractivity (Wildman–Crippen MR) is 68.1 cm³/mol. The lowest BCUT2D eigenvalue weighted by Gasteiger charge is -2.25. The first-order valence-electron chi connectivity index (χ1n) is 5.78. The highest BCUT2D eigenvalue weighted by Gasteiger charge is 2.14. The molecule has 0 radical (unpaired) electrons. The van der Waals surface area contributed by atoms with Crippen molar-refractivity contribution in [2.75, 3.05) is 7.05 Å². The number of aromatic nitrogens is 2. The summed E-state index contributed by atoms with van der Waals surface area (Å²) in [7, 11) is 2.11. The van der Waals surface area contributed by atoms with Gasteiger partial charge in [0.2, 0.25) is 0 Å². The van der Waals surface area contributed by atoms with Gasteiger partial charge >= 0.3 is 0 Å². The molecule has 0 spiro atoms. The number of allylic oxidation sites excluding steroid dienone is 1. The van der Waals surface area contributed by atoms with Gasteiger partial charge in [-0.25, -0.2) is 4.98 Å². The second kappa shape index (κ2) is 4.09. The molecule has 1 aliphatic rings. The zero-order valence-corrected chi connectivity index (χ0v) is 9.87. The van der Waals surface area contributed by atoms with Gasteiger partial charge in [-0.05, 0) is 16.7 Å². The molecule has 0 amide bonds. The van der Waals surface area contributed by atoms with Crippen LogP contribution in [-0.4, -0.2) is 21.5 Å². The van der Waals surface area contributed by atoms with Crippen molar-refractivity contribution >= 4 is 5.57 Å². The lowest BCUT2D eigenvalue weighted by Crippen LogP contribution is -2.18. The van der Waals surface area contributed by atoms with Gasteiger partial charge in [0.15, 0.2) is 0 Å². The molecule has 2 heterocycles. The molecule has 0 bridgehead atoms. The average molecular weight is 225 g/mol. The molecule has 1 aromatic heterocycles. The first-order chi connectivity index (χ1) is 8.33. The molecule has 0 atom stereocenters. The fourth-order valence-corrected chi connectivity index (χ4v) is 2.32. The number of rotatable bonds is 2. The first kappa shape index (κ1) is 10.1. The number of benzene rings is 1. The van der Waals surface area contributed by atoms with Crippen LogP contribution in [0.1, 0.15) is 11.1 Å². The monoisotopic (exact) mass is 225 g/mol. The molecule has 0 saturated carbocycles. The highest BCUT2D eigenvalue weighted by atomic mass is 15.1. The van der Waals surface area contributed by atoms with Gasteiger partial charge in [0.1, 0.15) is 0 Å². The normalized spacial score (nSPS) is 14.4. The Morgan fingerprint density at radius 2 is 2.18 bits per heavy atom. The summed E-state index contributed by atoms with van der Waals surface area (Å²) in [6.45, 7) is 1.87. The molecule has 0 saturated heterocycles. The summed E-state index contributed by atoms with van der Waals surface area (Å²) in [5.41, 5.74) is 4.10. The van der Waals surface area contributed by atoms with Crippen LogP contribution in [0.5, 0.6) is 0 Å². The molecule has 17 heavy (non-hydrogen) atoms. The van der Waals surface area contributed by atoms with Crippen LogP contribution < -0.4 is 0 Å². The lowest BCUT2D eigenvalue weighted by atomic mass is 9.97. The van der Waals surface area contributed by atoms with E-state index >= 15 is 0 Å². The predicted octanol–water partition coefficient (Wildman–Crippen LogP) is 2.37. The highest BCUT2D eigenvalue weighted by Crippen LogP contribution is 2.26. The Balaban J connectivity index is 1.97. The van der Waals surface area contributed by atoms with Crippen LogP contribution in [0.15, 0.2) is 49.2 Å². The van der Waals surface area contributed by atoms with E-state index in [9.17, 15) is 0 Å². The standard InChI is InChI=1S/C14H15N3/c1-16-8-12-4-2-3-5-14(12)13(9-16)10-17-7-6-15-11-17/h2-7,9,11H,8,10H2,1H3. The van der Waals surface area contributed by atoms with Crippen LogP contribution in [0.2, 0.25) is 0 Å². The van der Waals surface area contributed by atoms with Gasteiger partial charge in [0.25, 0.3) is 0 Å². The van der Waals surface area contributed by atoms with Crippen molar-refractivity contribution in [3.63, 3.8) is 0 Å². The van der Waals surface area contributed by atoms with E-state index < -0.39 is 0 Å². The topological polar surface area (TPSA) is 21.1 Å². The summed E-state index contributed by atoms with van der Waals surface area (Å²) in [5, 5.41) is 0. The number of nitrogens with zero attached hydrogens (tertiary/aromatic N) is 3. The summed E-state index contributed by atoms with van der Waals surface area (Å²) in [6, 6.07) is 8.61. The van der Waals surface area contributed by atoms with E-state index in [1.165, 1.54) is 16.7 Å². The van der Waals surface area contributed by atoms with E-state index in [0.29, 0.717) is 0 Å². The van der Waals surface area contributed by atoms with Gasteiger partial charge in [-0.15, -0.1) is 0 Å². The second-order valence-corrected chi connectivity index (χ2v) is 4.46. The third kappa shape index (κ3) is 1.96. The molecule has 0 N–H and O–H groups in total. The number of hydrogen-bond donors (Lipinski definition) is 0. The molecule has 1 aromatic carbocycles. The van der Waals surface area contributed by atoms with Crippen molar-refractivity contribution in [1.82, 2.24) is 14.5 Å². The van der Waals surface area contributed by atoms with Crippen molar-refractivity contribution in [3.05, 3.63) is 60.3 Å². The Labute approximate surface area is 101 Å². The molecule has 1 aliphatic heterocycles. The largest absolute Gasteiger partial charge is 0.376 e. The van der Waals surface area contributed by atoms with Gasteiger partial charge in [0.05, 0.1) is 12.9 Å². The minimum Gasteiger partial charge on any atom is -0.376 e. The molecule has 2 aromatic rings. The molecule has 3 rings (SSSR count). The Morgan fingerprint density at radius 1 is 1.29 bits per heavy atom. The van der Waals surface area contributed by atoms with Crippen molar-refractivity contribution in [2.45, 2.75) is 13.1 Å². The summed E-state index contributed by atoms with van der Waals surface area (Å²) in [6.07, 6.45) is 7.90. The third-order valence-electron chi connectivity index (χ3n) is 3.07. The molecule has 0 aliphatic carbocycles. The third-order valence-corrected chi connectivity index (χ3v) is 3.07. The molecule has 86 valence electrons. The molecule has 0 fully saturated rings. The smallest absolute Gasteiger partial charge is 0.0949 e. The first-order valence-corrected chi connectivity index (χ1v) is 5.78.